The minimum absolute atomic E-state index is 0.0215. The number of hydrogen-bond donors (Lipinski definition) is 3. The van der Waals surface area contributed by atoms with Gasteiger partial charge in [-0.05, 0) is 42.0 Å². The van der Waals surface area contributed by atoms with Gasteiger partial charge in [-0.1, -0.05) is 68.5 Å². The molecular formula is C22H28N2O4S. The molecule has 0 unspecified atom stereocenters. The van der Waals surface area contributed by atoms with Crippen LogP contribution in [-0.4, -0.2) is 26.0 Å². The molecule has 29 heavy (non-hydrogen) atoms. The van der Waals surface area contributed by atoms with Gasteiger partial charge in [-0.25, -0.2) is 4.79 Å². The maximum atomic E-state index is 12.4. The first-order valence-corrected chi connectivity index (χ1v) is 11.6. The van der Waals surface area contributed by atoms with E-state index in [2.05, 4.69) is 9.44 Å². The summed E-state index contributed by atoms with van der Waals surface area (Å²) in [4.78, 5) is 11.7. The van der Waals surface area contributed by atoms with Crippen molar-refractivity contribution in [3.8, 4) is 0 Å². The summed E-state index contributed by atoms with van der Waals surface area (Å²) in [5.74, 6) is -0.565. The van der Waals surface area contributed by atoms with Gasteiger partial charge in [0.2, 0.25) is 0 Å². The van der Waals surface area contributed by atoms with Crippen LogP contribution in [0.3, 0.4) is 0 Å². The first kappa shape index (κ1) is 21.3. The fraction of sp³-hybridized carbons (Fsp3) is 0.409. The summed E-state index contributed by atoms with van der Waals surface area (Å²) in [6.07, 6.45) is 7.45. The third-order valence-electron chi connectivity index (χ3n) is 5.36. The molecule has 1 aliphatic rings. The summed E-state index contributed by atoms with van der Waals surface area (Å²) in [7, 11) is -3.86. The molecule has 0 spiro atoms. The molecule has 0 heterocycles. The van der Waals surface area contributed by atoms with Crippen molar-refractivity contribution in [3.63, 3.8) is 0 Å². The molecular weight excluding hydrogens is 388 g/mol. The average molecular weight is 417 g/mol. The van der Waals surface area contributed by atoms with Gasteiger partial charge in [-0.2, -0.15) is 13.1 Å². The highest BCUT2D eigenvalue weighted by atomic mass is 32.2. The van der Waals surface area contributed by atoms with Gasteiger partial charge in [-0.3, -0.25) is 4.72 Å². The fourth-order valence-corrected chi connectivity index (χ4v) is 4.77. The van der Waals surface area contributed by atoms with Crippen molar-refractivity contribution < 1.29 is 18.3 Å². The van der Waals surface area contributed by atoms with E-state index in [1.165, 1.54) is 32.1 Å². The lowest BCUT2D eigenvalue weighted by Crippen LogP contribution is -2.32. The normalized spacial score (nSPS) is 15.2. The standard InChI is InChI=1S/C22H28N2O4S/c25-22(26)20-16-19(15-18-9-5-2-6-10-18)11-12-21(20)24-29(27,28)23-14-13-17-7-3-1-4-8-17/h1,3-4,7-8,11-12,16,18,23-24H,2,5-6,9-10,13-15H2,(H,25,26). The number of carbonyl (C=O) groups is 1. The van der Waals surface area contributed by atoms with Crippen molar-refractivity contribution in [1.82, 2.24) is 4.72 Å². The highest BCUT2D eigenvalue weighted by molar-refractivity contribution is 7.90. The lowest BCUT2D eigenvalue weighted by Gasteiger charge is -2.22. The zero-order chi connectivity index (χ0) is 20.7. The van der Waals surface area contributed by atoms with Crippen molar-refractivity contribution in [2.75, 3.05) is 11.3 Å². The molecule has 3 N–H and O–H groups in total. The van der Waals surface area contributed by atoms with Crippen LogP contribution >= 0.6 is 0 Å². The molecule has 1 fully saturated rings. The van der Waals surface area contributed by atoms with Gasteiger partial charge in [0.05, 0.1) is 11.3 Å². The maximum absolute atomic E-state index is 12.4. The second-order valence-corrected chi connectivity index (χ2v) is 9.13. The topological polar surface area (TPSA) is 95.5 Å². The van der Waals surface area contributed by atoms with E-state index in [9.17, 15) is 18.3 Å². The Morgan fingerprint density at radius 1 is 1.00 bits per heavy atom. The van der Waals surface area contributed by atoms with E-state index in [0.29, 0.717) is 12.3 Å². The predicted octanol–water partition coefficient (Wildman–Crippen LogP) is 4.00. The van der Waals surface area contributed by atoms with E-state index >= 15 is 0 Å². The highest BCUT2D eigenvalue weighted by Gasteiger charge is 2.19. The van der Waals surface area contributed by atoms with Gasteiger partial charge in [0, 0.05) is 6.54 Å². The molecule has 0 aliphatic heterocycles. The number of hydrogen-bond acceptors (Lipinski definition) is 3. The summed E-state index contributed by atoms with van der Waals surface area (Å²) in [5, 5.41) is 9.56. The Morgan fingerprint density at radius 2 is 1.72 bits per heavy atom. The zero-order valence-corrected chi connectivity index (χ0v) is 17.2. The Kier molecular flexibility index (Phi) is 7.28. The molecule has 2 aromatic rings. The molecule has 0 aromatic heterocycles. The minimum atomic E-state index is -3.86. The lowest BCUT2D eigenvalue weighted by atomic mass is 9.84. The summed E-state index contributed by atoms with van der Waals surface area (Å²) in [6.45, 7) is 0.224. The first-order valence-electron chi connectivity index (χ1n) is 10.1. The second-order valence-electron chi connectivity index (χ2n) is 7.63. The highest BCUT2D eigenvalue weighted by Crippen LogP contribution is 2.28. The van der Waals surface area contributed by atoms with Crippen LogP contribution in [0.4, 0.5) is 5.69 Å². The van der Waals surface area contributed by atoms with E-state index in [-0.39, 0.29) is 17.8 Å². The number of carboxylic acids is 1. The monoisotopic (exact) mass is 416 g/mol. The van der Waals surface area contributed by atoms with E-state index < -0.39 is 16.2 Å². The van der Waals surface area contributed by atoms with E-state index in [4.69, 9.17) is 0 Å². The molecule has 7 heteroatoms. The summed E-state index contributed by atoms with van der Waals surface area (Å²) >= 11 is 0. The van der Waals surface area contributed by atoms with E-state index in [1.807, 2.05) is 36.4 Å². The van der Waals surface area contributed by atoms with Crippen LogP contribution in [0.25, 0.3) is 0 Å². The van der Waals surface area contributed by atoms with Crippen LogP contribution in [-0.2, 0) is 23.1 Å². The SMILES string of the molecule is O=C(O)c1cc(CC2CCCCC2)ccc1NS(=O)(=O)NCCc1ccccc1. The molecule has 1 aliphatic carbocycles. The number of nitrogens with one attached hydrogen (secondary N) is 2. The van der Waals surface area contributed by atoms with Crippen LogP contribution in [0.2, 0.25) is 0 Å². The molecule has 0 bridgehead atoms. The molecule has 0 saturated heterocycles. The van der Waals surface area contributed by atoms with Crippen LogP contribution in [0.5, 0.6) is 0 Å². The summed E-state index contributed by atoms with van der Waals surface area (Å²) in [6, 6.07) is 14.5. The number of benzene rings is 2. The molecule has 2 aromatic carbocycles. The van der Waals surface area contributed by atoms with Crippen molar-refractivity contribution in [3.05, 3.63) is 65.2 Å². The Labute approximate surface area is 172 Å². The number of aromatic carboxylic acids is 1. The van der Waals surface area contributed by atoms with Crippen LogP contribution in [0.15, 0.2) is 48.5 Å². The Hall–Kier alpha value is -2.38. The number of rotatable bonds is 9. The molecule has 0 radical (unpaired) electrons. The van der Waals surface area contributed by atoms with E-state index in [0.717, 1.165) is 17.5 Å². The van der Waals surface area contributed by atoms with Crippen LogP contribution in [0.1, 0.15) is 53.6 Å². The van der Waals surface area contributed by atoms with Gasteiger partial charge in [-0.15, -0.1) is 0 Å². The van der Waals surface area contributed by atoms with Crippen molar-refractivity contribution >= 4 is 21.9 Å². The molecule has 0 amide bonds. The molecule has 1 saturated carbocycles. The quantitative estimate of drug-likeness (QED) is 0.576. The third kappa shape index (κ3) is 6.58. The van der Waals surface area contributed by atoms with Crippen molar-refractivity contribution in [2.24, 2.45) is 5.92 Å². The Bertz CT molecular complexity index is 923. The first-order chi connectivity index (χ1) is 13.9. The Balaban J connectivity index is 1.64. The van der Waals surface area contributed by atoms with Gasteiger partial charge in [0.15, 0.2) is 0 Å². The lowest BCUT2D eigenvalue weighted by molar-refractivity contribution is 0.0698. The van der Waals surface area contributed by atoms with Gasteiger partial charge in [0.25, 0.3) is 10.2 Å². The van der Waals surface area contributed by atoms with E-state index in [1.54, 1.807) is 12.1 Å². The van der Waals surface area contributed by atoms with Gasteiger partial charge >= 0.3 is 5.97 Å². The Morgan fingerprint density at radius 3 is 2.41 bits per heavy atom. The minimum Gasteiger partial charge on any atom is -0.478 e. The smallest absolute Gasteiger partial charge is 0.337 e. The number of anilines is 1. The van der Waals surface area contributed by atoms with Crippen LogP contribution < -0.4 is 9.44 Å². The molecule has 156 valence electrons. The molecule has 3 rings (SSSR count). The second kappa shape index (κ2) is 9.89. The fourth-order valence-electron chi connectivity index (χ4n) is 3.86. The molecule has 6 nitrogen and oxygen atoms in total. The third-order valence-corrected chi connectivity index (χ3v) is 6.43. The van der Waals surface area contributed by atoms with Gasteiger partial charge < -0.3 is 5.11 Å². The number of carboxylic acid groups (broad SMARTS) is 1. The maximum Gasteiger partial charge on any atom is 0.337 e. The van der Waals surface area contributed by atoms with Crippen molar-refractivity contribution in [2.45, 2.75) is 44.9 Å². The van der Waals surface area contributed by atoms with Gasteiger partial charge in [0.1, 0.15) is 0 Å². The summed E-state index contributed by atoms with van der Waals surface area (Å²) < 4.78 is 29.5. The predicted molar refractivity (Wildman–Crippen MR) is 114 cm³/mol. The van der Waals surface area contributed by atoms with Crippen LogP contribution in [0, 0.1) is 5.92 Å². The largest absolute Gasteiger partial charge is 0.478 e. The molecule has 0 atom stereocenters. The zero-order valence-electron chi connectivity index (χ0n) is 16.4. The summed E-state index contributed by atoms with van der Waals surface area (Å²) in [5.41, 5.74) is 2.02. The van der Waals surface area contributed by atoms with Crippen molar-refractivity contribution in [1.29, 1.82) is 0 Å². The average Bonchev–Trinajstić information content (AvgIpc) is 2.70.